The maximum atomic E-state index is 11.9. The molecule has 0 spiro atoms. The number of nitrogens with zero attached hydrogens (tertiary/aromatic N) is 1. The van der Waals surface area contributed by atoms with Gasteiger partial charge in [0.15, 0.2) is 0 Å². The fourth-order valence-electron chi connectivity index (χ4n) is 1.27. The Morgan fingerprint density at radius 1 is 1.41 bits per heavy atom. The first-order valence-corrected chi connectivity index (χ1v) is 6.29. The van der Waals surface area contributed by atoms with Gasteiger partial charge in [0.2, 0.25) is 0 Å². The van der Waals surface area contributed by atoms with E-state index in [0.29, 0.717) is 30.4 Å². The molecule has 0 fully saturated rings. The molecular weight excluding hydrogens is 236 g/mol. The van der Waals surface area contributed by atoms with Gasteiger partial charge in [0.05, 0.1) is 4.99 Å². The van der Waals surface area contributed by atoms with E-state index < -0.39 is 5.60 Å². The van der Waals surface area contributed by atoms with Crippen molar-refractivity contribution in [3.05, 3.63) is 0 Å². The zero-order chi connectivity index (χ0) is 13.6. The SMILES string of the molecule is CC(C)CN(CCC(N)=S)C(=O)OC(C)(C)C. The molecule has 0 saturated heterocycles. The molecule has 0 aliphatic heterocycles. The molecule has 2 N–H and O–H groups in total. The van der Waals surface area contributed by atoms with E-state index in [1.807, 2.05) is 20.8 Å². The van der Waals surface area contributed by atoms with Gasteiger partial charge in [-0.2, -0.15) is 0 Å². The van der Waals surface area contributed by atoms with Crippen LogP contribution >= 0.6 is 12.2 Å². The van der Waals surface area contributed by atoms with Gasteiger partial charge < -0.3 is 15.4 Å². The second-order valence-electron chi connectivity index (χ2n) is 5.54. The number of ether oxygens (including phenoxy) is 1. The number of rotatable bonds is 5. The summed E-state index contributed by atoms with van der Waals surface area (Å²) in [4.78, 5) is 14.0. The largest absolute Gasteiger partial charge is 0.444 e. The van der Waals surface area contributed by atoms with Crippen molar-refractivity contribution < 1.29 is 9.53 Å². The number of carbonyl (C=O) groups is 1. The summed E-state index contributed by atoms with van der Waals surface area (Å²) >= 11 is 4.82. The minimum Gasteiger partial charge on any atom is -0.444 e. The molecule has 0 radical (unpaired) electrons. The van der Waals surface area contributed by atoms with E-state index in [1.165, 1.54) is 0 Å². The lowest BCUT2D eigenvalue weighted by Crippen LogP contribution is -2.40. The molecule has 17 heavy (non-hydrogen) atoms. The quantitative estimate of drug-likeness (QED) is 0.772. The highest BCUT2D eigenvalue weighted by atomic mass is 32.1. The van der Waals surface area contributed by atoms with E-state index in [-0.39, 0.29) is 6.09 Å². The molecular formula is C12H24N2O2S. The van der Waals surface area contributed by atoms with E-state index in [4.69, 9.17) is 22.7 Å². The topological polar surface area (TPSA) is 55.6 Å². The molecule has 100 valence electrons. The lowest BCUT2D eigenvalue weighted by Gasteiger charge is -2.28. The molecule has 0 rings (SSSR count). The monoisotopic (exact) mass is 260 g/mol. The van der Waals surface area contributed by atoms with Gasteiger partial charge in [-0.25, -0.2) is 4.79 Å². The van der Waals surface area contributed by atoms with Crippen molar-refractivity contribution in [2.75, 3.05) is 13.1 Å². The van der Waals surface area contributed by atoms with Gasteiger partial charge in [0, 0.05) is 19.5 Å². The van der Waals surface area contributed by atoms with Gasteiger partial charge in [-0.05, 0) is 26.7 Å². The molecule has 0 aliphatic rings. The molecule has 0 heterocycles. The summed E-state index contributed by atoms with van der Waals surface area (Å²) in [6.07, 6.45) is 0.226. The van der Waals surface area contributed by atoms with Crippen molar-refractivity contribution in [1.29, 1.82) is 0 Å². The van der Waals surface area contributed by atoms with E-state index in [9.17, 15) is 4.79 Å². The Bertz CT molecular complexity index is 272. The van der Waals surface area contributed by atoms with Gasteiger partial charge in [-0.15, -0.1) is 0 Å². The second kappa shape index (κ2) is 6.79. The molecule has 4 nitrogen and oxygen atoms in total. The average molecular weight is 260 g/mol. The van der Waals surface area contributed by atoms with Crippen LogP contribution in [0.25, 0.3) is 0 Å². The summed E-state index contributed by atoms with van der Waals surface area (Å²) in [6, 6.07) is 0. The van der Waals surface area contributed by atoms with Crippen molar-refractivity contribution in [2.45, 2.75) is 46.6 Å². The van der Waals surface area contributed by atoms with Crippen molar-refractivity contribution in [2.24, 2.45) is 11.7 Å². The minimum absolute atomic E-state index is 0.303. The Morgan fingerprint density at radius 2 is 1.94 bits per heavy atom. The fourth-order valence-corrected chi connectivity index (χ4v) is 1.36. The van der Waals surface area contributed by atoms with Crippen LogP contribution in [0.4, 0.5) is 4.79 Å². The van der Waals surface area contributed by atoms with Crippen LogP contribution in [0.5, 0.6) is 0 Å². The van der Waals surface area contributed by atoms with Crippen molar-refractivity contribution in [3.63, 3.8) is 0 Å². The predicted molar refractivity (Wildman–Crippen MR) is 74.0 cm³/mol. The highest BCUT2D eigenvalue weighted by Crippen LogP contribution is 2.11. The Labute approximate surface area is 109 Å². The molecule has 5 heteroatoms. The molecule has 0 saturated carbocycles. The molecule has 0 unspecified atom stereocenters. The van der Waals surface area contributed by atoms with Crippen molar-refractivity contribution in [1.82, 2.24) is 4.90 Å². The first-order valence-electron chi connectivity index (χ1n) is 5.88. The van der Waals surface area contributed by atoms with E-state index in [0.717, 1.165) is 0 Å². The first kappa shape index (κ1) is 16.2. The third kappa shape index (κ3) is 8.92. The molecule has 1 amide bonds. The van der Waals surface area contributed by atoms with Crippen LogP contribution in [0.1, 0.15) is 41.0 Å². The summed E-state index contributed by atoms with van der Waals surface area (Å²) in [6.45, 7) is 10.8. The van der Waals surface area contributed by atoms with Crippen LogP contribution < -0.4 is 5.73 Å². The number of amides is 1. The molecule has 0 aliphatic carbocycles. The Balaban J connectivity index is 4.45. The molecule has 0 atom stereocenters. The molecule has 0 aromatic rings. The zero-order valence-corrected chi connectivity index (χ0v) is 12.3. The summed E-state index contributed by atoms with van der Waals surface area (Å²) in [7, 11) is 0. The van der Waals surface area contributed by atoms with Crippen LogP contribution in [0.3, 0.4) is 0 Å². The molecule has 0 bridgehead atoms. The van der Waals surface area contributed by atoms with E-state index >= 15 is 0 Å². The lowest BCUT2D eigenvalue weighted by molar-refractivity contribution is 0.0234. The average Bonchev–Trinajstić information content (AvgIpc) is 2.08. The maximum absolute atomic E-state index is 11.9. The van der Waals surface area contributed by atoms with E-state index in [1.54, 1.807) is 4.90 Å². The van der Waals surface area contributed by atoms with E-state index in [2.05, 4.69) is 13.8 Å². The first-order chi connectivity index (χ1) is 7.61. The predicted octanol–water partition coefficient (Wildman–Crippen LogP) is 2.56. The highest BCUT2D eigenvalue weighted by Gasteiger charge is 2.22. The fraction of sp³-hybridized carbons (Fsp3) is 0.833. The van der Waals surface area contributed by atoms with Crippen LogP contribution in [-0.4, -0.2) is 34.7 Å². The van der Waals surface area contributed by atoms with Crippen LogP contribution in [0.15, 0.2) is 0 Å². The summed E-state index contributed by atoms with van der Waals surface area (Å²) in [5.74, 6) is 0.383. The number of carbonyl (C=O) groups excluding carboxylic acids is 1. The zero-order valence-electron chi connectivity index (χ0n) is 11.4. The summed E-state index contributed by atoms with van der Waals surface area (Å²) in [5.41, 5.74) is 4.97. The Morgan fingerprint density at radius 3 is 2.29 bits per heavy atom. The maximum Gasteiger partial charge on any atom is 0.410 e. The Hall–Kier alpha value is -0.840. The van der Waals surface area contributed by atoms with Crippen molar-refractivity contribution >= 4 is 23.3 Å². The Kier molecular flexibility index (Phi) is 6.45. The number of nitrogens with two attached hydrogens (primary N) is 1. The third-order valence-corrected chi connectivity index (χ3v) is 2.07. The lowest BCUT2D eigenvalue weighted by atomic mass is 10.2. The normalized spacial score (nSPS) is 11.4. The minimum atomic E-state index is -0.477. The highest BCUT2D eigenvalue weighted by molar-refractivity contribution is 7.80. The van der Waals surface area contributed by atoms with Gasteiger partial charge in [0.1, 0.15) is 5.60 Å². The van der Waals surface area contributed by atoms with Crippen LogP contribution in [0, 0.1) is 5.92 Å². The van der Waals surface area contributed by atoms with Gasteiger partial charge in [-0.3, -0.25) is 0 Å². The molecule has 0 aromatic heterocycles. The molecule has 0 aromatic carbocycles. The summed E-state index contributed by atoms with van der Waals surface area (Å²) < 4.78 is 5.34. The van der Waals surface area contributed by atoms with Gasteiger partial charge in [0.25, 0.3) is 0 Å². The smallest absolute Gasteiger partial charge is 0.410 e. The van der Waals surface area contributed by atoms with Gasteiger partial charge >= 0.3 is 6.09 Å². The summed E-state index contributed by atoms with van der Waals surface area (Å²) in [5, 5.41) is 0. The van der Waals surface area contributed by atoms with Gasteiger partial charge in [-0.1, -0.05) is 26.1 Å². The number of hydrogen-bond donors (Lipinski definition) is 1. The van der Waals surface area contributed by atoms with Crippen molar-refractivity contribution in [3.8, 4) is 0 Å². The number of hydrogen-bond acceptors (Lipinski definition) is 3. The van der Waals surface area contributed by atoms with Crippen LogP contribution in [0.2, 0.25) is 0 Å². The van der Waals surface area contributed by atoms with Crippen LogP contribution in [-0.2, 0) is 4.74 Å². The number of thiocarbonyl (C=S) groups is 1. The third-order valence-electron chi connectivity index (χ3n) is 1.87. The second-order valence-corrected chi connectivity index (χ2v) is 6.06. The standard InChI is InChI=1S/C12H24N2O2S/c1-9(2)8-14(7-6-10(13)17)11(15)16-12(3,4)5/h9H,6-8H2,1-5H3,(H2,13,17).